The summed E-state index contributed by atoms with van der Waals surface area (Å²) in [4.78, 5) is 0.195. The summed E-state index contributed by atoms with van der Waals surface area (Å²) in [5, 5.41) is 8.81. The van der Waals surface area contributed by atoms with Crippen molar-refractivity contribution in [3.8, 4) is 0 Å². The van der Waals surface area contributed by atoms with Gasteiger partial charge < -0.3 is 5.32 Å². The molecule has 5 heteroatoms. The summed E-state index contributed by atoms with van der Waals surface area (Å²) in [6.07, 6.45) is 5.44. The Morgan fingerprint density at radius 2 is 2.10 bits per heavy atom. The van der Waals surface area contributed by atoms with Crippen LogP contribution in [-0.2, 0) is 10.0 Å². The highest BCUT2D eigenvalue weighted by molar-refractivity contribution is 7.89. The second-order valence-corrected chi connectivity index (χ2v) is 7.62. The van der Waals surface area contributed by atoms with Crippen LogP contribution in [0, 0.1) is 11.8 Å². The molecule has 0 saturated heterocycles. The molecule has 108 valence electrons. The minimum Gasteiger partial charge on any atom is -0.381 e. The van der Waals surface area contributed by atoms with E-state index in [9.17, 15) is 8.42 Å². The molecule has 3 N–H and O–H groups in total. The third-order valence-electron chi connectivity index (χ3n) is 4.43. The third kappa shape index (κ3) is 2.15. The van der Waals surface area contributed by atoms with Gasteiger partial charge >= 0.3 is 0 Å². The molecule has 1 aromatic carbocycles. The van der Waals surface area contributed by atoms with Gasteiger partial charge in [0.2, 0.25) is 10.0 Å². The highest BCUT2D eigenvalue weighted by Crippen LogP contribution is 2.46. The summed E-state index contributed by atoms with van der Waals surface area (Å²) in [5.74, 6) is 1.33. The van der Waals surface area contributed by atoms with Crippen molar-refractivity contribution in [1.29, 1.82) is 0 Å². The first-order valence-corrected chi connectivity index (χ1v) is 8.52. The largest absolute Gasteiger partial charge is 0.381 e. The van der Waals surface area contributed by atoms with Crippen molar-refractivity contribution in [2.45, 2.75) is 37.1 Å². The van der Waals surface area contributed by atoms with Gasteiger partial charge in [0.05, 0.1) is 4.90 Å². The molecule has 0 aromatic heterocycles. The van der Waals surface area contributed by atoms with Crippen LogP contribution in [0.2, 0.25) is 0 Å². The topological polar surface area (TPSA) is 72.2 Å². The predicted molar refractivity (Wildman–Crippen MR) is 80.1 cm³/mol. The number of fused-ring (bicyclic) bond motifs is 3. The molecular weight excluding hydrogens is 272 g/mol. The van der Waals surface area contributed by atoms with E-state index >= 15 is 0 Å². The van der Waals surface area contributed by atoms with Crippen molar-refractivity contribution in [1.82, 2.24) is 0 Å². The normalized spacial score (nSPS) is 28.1. The molecular formula is C15H20N2O2S. The number of nitrogens with two attached hydrogens (primary N) is 1. The minimum atomic E-state index is -3.65. The molecule has 0 unspecified atom stereocenters. The lowest BCUT2D eigenvalue weighted by Crippen LogP contribution is -2.39. The van der Waals surface area contributed by atoms with Crippen LogP contribution in [0.25, 0.3) is 0 Å². The zero-order chi connectivity index (χ0) is 14.5. The third-order valence-corrected chi connectivity index (χ3v) is 5.34. The summed E-state index contributed by atoms with van der Waals surface area (Å²) >= 11 is 0. The number of sulfonamides is 1. The molecule has 20 heavy (non-hydrogen) atoms. The monoisotopic (exact) mass is 292 g/mol. The SMILES string of the molecule is CC(C)[C@@H]1Nc2ccc(S(N)(=O)=O)cc2[C@H]2C=CC[C@H]21. The molecule has 0 radical (unpaired) electrons. The summed E-state index contributed by atoms with van der Waals surface area (Å²) < 4.78 is 23.0. The molecule has 4 nitrogen and oxygen atoms in total. The molecule has 3 atom stereocenters. The van der Waals surface area contributed by atoms with E-state index in [0.29, 0.717) is 23.8 Å². The number of rotatable bonds is 2. The van der Waals surface area contributed by atoms with Crippen LogP contribution < -0.4 is 10.5 Å². The first-order chi connectivity index (χ1) is 9.38. The van der Waals surface area contributed by atoms with Crippen LogP contribution in [0.15, 0.2) is 35.2 Å². The van der Waals surface area contributed by atoms with E-state index in [4.69, 9.17) is 5.14 Å². The van der Waals surface area contributed by atoms with Crippen LogP contribution in [0.1, 0.15) is 31.7 Å². The van der Waals surface area contributed by atoms with Gasteiger partial charge in [-0.25, -0.2) is 13.6 Å². The van der Waals surface area contributed by atoms with E-state index in [2.05, 4.69) is 31.3 Å². The zero-order valence-corrected chi connectivity index (χ0v) is 12.5. The zero-order valence-electron chi connectivity index (χ0n) is 11.7. The van der Waals surface area contributed by atoms with Crippen LogP contribution in [-0.4, -0.2) is 14.5 Å². The fraction of sp³-hybridized carbons (Fsp3) is 0.467. The van der Waals surface area contributed by atoms with Crippen LogP contribution in [0.3, 0.4) is 0 Å². The average molecular weight is 292 g/mol. The number of hydrogen-bond acceptors (Lipinski definition) is 3. The fourth-order valence-electron chi connectivity index (χ4n) is 3.45. The number of benzene rings is 1. The predicted octanol–water partition coefficient (Wildman–Crippen LogP) is 2.44. The lowest BCUT2D eigenvalue weighted by atomic mass is 9.76. The number of allylic oxidation sites excluding steroid dienone is 2. The maximum Gasteiger partial charge on any atom is 0.238 e. The van der Waals surface area contributed by atoms with E-state index in [1.807, 2.05) is 6.07 Å². The maximum atomic E-state index is 11.5. The molecule has 0 saturated carbocycles. The van der Waals surface area contributed by atoms with Crippen molar-refractivity contribution in [2.75, 3.05) is 5.32 Å². The Hall–Kier alpha value is -1.33. The van der Waals surface area contributed by atoms with Gasteiger partial charge in [0.15, 0.2) is 0 Å². The summed E-state index contributed by atoms with van der Waals surface area (Å²) in [6, 6.07) is 5.56. The van der Waals surface area contributed by atoms with Gasteiger partial charge in [0.1, 0.15) is 0 Å². The van der Waals surface area contributed by atoms with Gasteiger partial charge in [-0.1, -0.05) is 26.0 Å². The van der Waals surface area contributed by atoms with Crippen LogP contribution in [0.4, 0.5) is 5.69 Å². The number of primary sulfonamides is 1. The number of anilines is 1. The summed E-state index contributed by atoms with van der Waals surface area (Å²) in [6.45, 7) is 4.44. The Morgan fingerprint density at radius 1 is 1.35 bits per heavy atom. The van der Waals surface area contributed by atoms with Crippen molar-refractivity contribution < 1.29 is 8.42 Å². The Labute approximate surface area is 120 Å². The molecule has 1 aliphatic heterocycles. The molecule has 0 bridgehead atoms. The fourth-order valence-corrected chi connectivity index (χ4v) is 4.00. The van der Waals surface area contributed by atoms with Crippen molar-refractivity contribution >= 4 is 15.7 Å². The second kappa shape index (κ2) is 4.60. The van der Waals surface area contributed by atoms with Gasteiger partial charge in [-0.05, 0) is 42.0 Å². The molecule has 3 rings (SSSR count). The molecule has 0 spiro atoms. The molecule has 2 aliphatic rings. The first-order valence-electron chi connectivity index (χ1n) is 6.98. The summed E-state index contributed by atoms with van der Waals surface area (Å²) in [7, 11) is -3.65. The van der Waals surface area contributed by atoms with E-state index < -0.39 is 10.0 Å². The average Bonchev–Trinajstić information content (AvgIpc) is 2.85. The van der Waals surface area contributed by atoms with Gasteiger partial charge in [0.25, 0.3) is 0 Å². The molecule has 0 amide bonds. The number of nitrogens with one attached hydrogen (secondary N) is 1. The Balaban J connectivity index is 2.09. The van der Waals surface area contributed by atoms with E-state index in [1.165, 1.54) is 0 Å². The quantitative estimate of drug-likeness (QED) is 0.822. The lowest BCUT2D eigenvalue weighted by Gasteiger charge is -2.39. The Kier molecular flexibility index (Phi) is 3.14. The van der Waals surface area contributed by atoms with Crippen molar-refractivity contribution in [3.05, 3.63) is 35.9 Å². The van der Waals surface area contributed by atoms with E-state index in [1.54, 1.807) is 12.1 Å². The van der Waals surface area contributed by atoms with Gasteiger partial charge in [-0.3, -0.25) is 0 Å². The highest BCUT2D eigenvalue weighted by Gasteiger charge is 2.38. The molecule has 1 aromatic rings. The highest BCUT2D eigenvalue weighted by atomic mass is 32.2. The summed E-state index contributed by atoms with van der Waals surface area (Å²) in [5.41, 5.74) is 2.08. The van der Waals surface area contributed by atoms with Crippen molar-refractivity contribution in [2.24, 2.45) is 17.0 Å². The Bertz CT molecular complexity index is 664. The first kappa shape index (κ1) is 13.6. The number of hydrogen-bond donors (Lipinski definition) is 2. The Morgan fingerprint density at radius 3 is 2.75 bits per heavy atom. The minimum absolute atomic E-state index is 0.195. The van der Waals surface area contributed by atoms with E-state index in [0.717, 1.165) is 17.7 Å². The second-order valence-electron chi connectivity index (χ2n) is 6.06. The van der Waals surface area contributed by atoms with Gasteiger partial charge in [-0.2, -0.15) is 0 Å². The molecule has 0 fully saturated rings. The van der Waals surface area contributed by atoms with E-state index in [-0.39, 0.29) is 4.90 Å². The van der Waals surface area contributed by atoms with Gasteiger partial charge in [-0.15, -0.1) is 0 Å². The lowest BCUT2D eigenvalue weighted by molar-refractivity contribution is 0.342. The molecule has 1 aliphatic carbocycles. The van der Waals surface area contributed by atoms with Crippen LogP contribution >= 0.6 is 0 Å². The molecule has 1 heterocycles. The standard InChI is InChI=1S/C15H20N2O2S/c1-9(2)15-12-5-3-4-11(12)13-8-10(20(16,18)19)6-7-14(13)17-15/h3-4,6-9,11-12,15,17H,5H2,1-2H3,(H2,16,18,19)/t11-,12+,15-/m0/s1. The van der Waals surface area contributed by atoms with Crippen molar-refractivity contribution in [3.63, 3.8) is 0 Å². The maximum absolute atomic E-state index is 11.5. The smallest absolute Gasteiger partial charge is 0.238 e. The van der Waals surface area contributed by atoms with Crippen LogP contribution in [0.5, 0.6) is 0 Å². The van der Waals surface area contributed by atoms with Gasteiger partial charge in [0, 0.05) is 17.6 Å².